The van der Waals surface area contributed by atoms with Gasteiger partial charge in [0.05, 0.1) is 6.21 Å². The van der Waals surface area contributed by atoms with Crippen LogP contribution < -0.4 is 10.5 Å². The minimum Gasteiger partial charge on any atom is -0.435 e. The molecule has 8 nitrogen and oxygen atoms in total. The summed E-state index contributed by atoms with van der Waals surface area (Å²) in [6.45, 7) is 5.68. The van der Waals surface area contributed by atoms with Crippen LogP contribution in [0, 0.1) is 12.7 Å². The van der Waals surface area contributed by atoms with Gasteiger partial charge in [0.1, 0.15) is 24.3 Å². The zero-order valence-electron chi connectivity index (χ0n) is 16.9. The van der Waals surface area contributed by atoms with E-state index in [4.69, 9.17) is 15.3 Å². The third kappa shape index (κ3) is 4.51. The van der Waals surface area contributed by atoms with E-state index < -0.39 is 5.82 Å². The fraction of sp³-hybridized carbons (Fsp3) is 0.381. The van der Waals surface area contributed by atoms with E-state index >= 15 is 0 Å². The summed E-state index contributed by atoms with van der Waals surface area (Å²) in [5.74, 6) is -0.156. The SMILES string of the molecule is Cc1cc2c(F)c(Oc3ncnc(N)c3C=NOCCCN3CCCC3)ccc2[nH]1. The van der Waals surface area contributed by atoms with Gasteiger partial charge in [-0.25, -0.2) is 14.4 Å². The van der Waals surface area contributed by atoms with Crippen molar-refractivity contribution < 1.29 is 14.0 Å². The molecule has 0 radical (unpaired) electrons. The van der Waals surface area contributed by atoms with Crippen LogP contribution in [0.1, 0.15) is 30.5 Å². The minimum absolute atomic E-state index is 0.0424. The number of hydrogen-bond donors (Lipinski definition) is 2. The molecular formula is C21H25FN6O2. The number of nitrogens with two attached hydrogens (primary N) is 1. The number of benzene rings is 1. The average molecular weight is 412 g/mol. The fourth-order valence-electron chi connectivity index (χ4n) is 3.57. The van der Waals surface area contributed by atoms with Crippen LogP contribution in [-0.4, -0.2) is 52.3 Å². The van der Waals surface area contributed by atoms with Crippen LogP contribution in [0.25, 0.3) is 10.9 Å². The Balaban J connectivity index is 1.43. The highest BCUT2D eigenvalue weighted by atomic mass is 19.1. The number of fused-ring (bicyclic) bond motifs is 1. The van der Waals surface area contributed by atoms with E-state index in [0.29, 0.717) is 23.1 Å². The van der Waals surface area contributed by atoms with Gasteiger partial charge in [-0.1, -0.05) is 5.16 Å². The van der Waals surface area contributed by atoms with Crippen LogP contribution in [0.15, 0.2) is 29.7 Å². The van der Waals surface area contributed by atoms with Gasteiger partial charge in [0.25, 0.3) is 0 Å². The first-order valence-electron chi connectivity index (χ1n) is 10.1. The van der Waals surface area contributed by atoms with E-state index in [9.17, 15) is 4.39 Å². The molecule has 0 unspecified atom stereocenters. The molecule has 1 fully saturated rings. The molecular weight excluding hydrogens is 387 g/mol. The number of rotatable bonds is 8. The summed E-state index contributed by atoms with van der Waals surface area (Å²) in [5.41, 5.74) is 7.84. The predicted octanol–water partition coefficient (Wildman–Crippen LogP) is 3.62. The molecule has 158 valence electrons. The van der Waals surface area contributed by atoms with Gasteiger partial charge >= 0.3 is 0 Å². The third-order valence-corrected chi connectivity index (χ3v) is 5.09. The molecule has 1 aliphatic rings. The predicted molar refractivity (Wildman–Crippen MR) is 113 cm³/mol. The summed E-state index contributed by atoms with van der Waals surface area (Å²) in [6.07, 6.45) is 6.09. The highest BCUT2D eigenvalue weighted by Gasteiger charge is 2.15. The molecule has 0 aliphatic carbocycles. The number of nitrogens with one attached hydrogen (secondary N) is 1. The van der Waals surface area contributed by atoms with Crippen LogP contribution in [0.4, 0.5) is 10.2 Å². The molecule has 2 aromatic heterocycles. The van der Waals surface area contributed by atoms with Crippen molar-refractivity contribution in [2.24, 2.45) is 5.16 Å². The Labute approximate surface area is 173 Å². The maximum atomic E-state index is 14.8. The second-order valence-electron chi connectivity index (χ2n) is 7.34. The van der Waals surface area contributed by atoms with Crippen molar-refractivity contribution in [2.75, 3.05) is 32.0 Å². The van der Waals surface area contributed by atoms with Crippen molar-refractivity contribution in [3.63, 3.8) is 0 Å². The number of aromatic amines is 1. The maximum absolute atomic E-state index is 14.8. The molecule has 30 heavy (non-hydrogen) atoms. The zero-order valence-corrected chi connectivity index (χ0v) is 16.9. The number of likely N-dealkylation sites (tertiary alicyclic amines) is 1. The third-order valence-electron chi connectivity index (χ3n) is 5.09. The summed E-state index contributed by atoms with van der Waals surface area (Å²) < 4.78 is 20.5. The monoisotopic (exact) mass is 412 g/mol. The van der Waals surface area contributed by atoms with Crippen LogP contribution in [-0.2, 0) is 4.84 Å². The minimum atomic E-state index is -0.477. The first kappa shape index (κ1) is 20.1. The molecule has 0 spiro atoms. The Morgan fingerprint density at radius 1 is 1.30 bits per heavy atom. The van der Waals surface area contributed by atoms with Crippen LogP contribution in [0.3, 0.4) is 0 Å². The molecule has 1 aromatic carbocycles. The fourth-order valence-corrected chi connectivity index (χ4v) is 3.57. The van der Waals surface area contributed by atoms with E-state index in [-0.39, 0.29) is 17.4 Å². The second kappa shape index (κ2) is 9.08. The summed E-state index contributed by atoms with van der Waals surface area (Å²) in [7, 11) is 0. The topological polar surface area (TPSA) is 102 Å². The van der Waals surface area contributed by atoms with Gasteiger partial charge in [-0.2, -0.15) is 0 Å². The molecule has 3 N–H and O–H groups in total. The lowest BCUT2D eigenvalue weighted by molar-refractivity contribution is 0.133. The van der Waals surface area contributed by atoms with Gasteiger partial charge in [0.15, 0.2) is 11.6 Å². The molecule has 0 bridgehead atoms. The van der Waals surface area contributed by atoms with Crippen molar-refractivity contribution in [1.29, 1.82) is 0 Å². The Morgan fingerprint density at radius 3 is 2.97 bits per heavy atom. The summed E-state index contributed by atoms with van der Waals surface area (Å²) in [5, 5.41) is 4.41. The summed E-state index contributed by atoms with van der Waals surface area (Å²) in [6, 6.07) is 5.02. The lowest BCUT2D eigenvalue weighted by atomic mass is 10.2. The number of ether oxygens (including phenoxy) is 1. The van der Waals surface area contributed by atoms with Crippen molar-refractivity contribution in [3.8, 4) is 11.6 Å². The van der Waals surface area contributed by atoms with E-state index in [1.165, 1.54) is 25.4 Å². The number of nitrogen functional groups attached to an aromatic ring is 1. The number of aromatic nitrogens is 3. The summed E-state index contributed by atoms with van der Waals surface area (Å²) >= 11 is 0. The Hall–Kier alpha value is -3.20. The summed E-state index contributed by atoms with van der Waals surface area (Å²) in [4.78, 5) is 18.9. The molecule has 9 heteroatoms. The Kier molecular flexibility index (Phi) is 6.08. The van der Waals surface area contributed by atoms with Gasteiger partial charge in [0, 0.05) is 23.1 Å². The van der Waals surface area contributed by atoms with Gasteiger partial charge in [0.2, 0.25) is 5.88 Å². The first-order chi connectivity index (χ1) is 14.6. The Bertz CT molecular complexity index is 1050. The smallest absolute Gasteiger partial charge is 0.233 e. The molecule has 0 atom stereocenters. The van der Waals surface area contributed by atoms with Gasteiger partial charge in [-0.15, -0.1) is 0 Å². The van der Waals surface area contributed by atoms with E-state index in [1.54, 1.807) is 18.2 Å². The lowest BCUT2D eigenvalue weighted by Crippen LogP contribution is -2.21. The number of oxime groups is 1. The van der Waals surface area contributed by atoms with Crippen LogP contribution >= 0.6 is 0 Å². The number of hydrogen-bond acceptors (Lipinski definition) is 7. The number of anilines is 1. The molecule has 0 saturated carbocycles. The van der Waals surface area contributed by atoms with Gasteiger partial charge in [-0.05, 0) is 57.5 Å². The Morgan fingerprint density at radius 2 is 2.13 bits per heavy atom. The van der Waals surface area contributed by atoms with E-state index in [1.807, 2.05) is 6.92 Å². The number of nitrogens with zero attached hydrogens (tertiary/aromatic N) is 4. The molecule has 1 aliphatic heterocycles. The first-order valence-corrected chi connectivity index (χ1v) is 10.1. The van der Waals surface area contributed by atoms with Crippen molar-refractivity contribution in [1.82, 2.24) is 19.9 Å². The molecule has 0 amide bonds. The lowest BCUT2D eigenvalue weighted by Gasteiger charge is -2.13. The highest BCUT2D eigenvalue weighted by molar-refractivity contribution is 5.88. The molecule has 4 rings (SSSR count). The number of H-pyrrole nitrogens is 1. The largest absolute Gasteiger partial charge is 0.435 e. The van der Waals surface area contributed by atoms with Crippen molar-refractivity contribution in [2.45, 2.75) is 26.2 Å². The van der Waals surface area contributed by atoms with Crippen molar-refractivity contribution in [3.05, 3.63) is 41.6 Å². The molecule has 3 heterocycles. The van der Waals surface area contributed by atoms with E-state index in [0.717, 1.165) is 31.7 Å². The molecule has 1 saturated heterocycles. The quantitative estimate of drug-likeness (QED) is 0.333. The van der Waals surface area contributed by atoms with Crippen LogP contribution in [0.2, 0.25) is 0 Å². The second-order valence-corrected chi connectivity index (χ2v) is 7.34. The van der Waals surface area contributed by atoms with Crippen LogP contribution in [0.5, 0.6) is 11.6 Å². The zero-order chi connectivity index (χ0) is 20.9. The highest BCUT2D eigenvalue weighted by Crippen LogP contribution is 2.31. The van der Waals surface area contributed by atoms with Gasteiger partial charge in [-0.3, -0.25) is 0 Å². The number of aryl methyl sites for hydroxylation is 1. The molecule has 3 aromatic rings. The van der Waals surface area contributed by atoms with E-state index in [2.05, 4.69) is 25.0 Å². The van der Waals surface area contributed by atoms with Gasteiger partial charge < -0.3 is 25.2 Å². The maximum Gasteiger partial charge on any atom is 0.233 e. The standard InChI is InChI=1S/C21H25FN6O2/c1-14-11-15-17(27-14)5-6-18(19(15)22)30-21-16(20(23)24-13-25-21)12-26-29-10-4-9-28-7-2-3-8-28/h5-6,11-13,27H,2-4,7-10H2,1H3,(H2,23,24,25). The average Bonchev–Trinajstić information content (AvgIpc) is 3.38. The normalized spacial score (nSPS) is 14.7. The number of halogens is 1. The van der Waals surface area contributed by atoms with Crippen molar-refractivity contribution >= 4 is 22.9 Å².